The summed E-state index contributed by atoms with van der Waals surface area (Å²) < 4.78 is 13.4. The number of likely N-dealkylation sites (tertiary alicyclic amines) is 1. The Morgan fingerprint density at radius 1 is 1.00 bits per heavy atom. The summed E-state index contributed by atoms with van der Waals surface area (Å²) in [5, 5.41) is 11.0. The molecule has 0 unspecified atom stereocenters. The van der Waals surface area contributed by atoms with E-state index in [0.717, 1.165) is 30.0 Å². The van der Waals surface area contributed by atoms with E-state index < -0.39 is 5.82 Å². The Bertz CT molecular complexity index is 1150. The molecule has 1 atom stereocenters. The highest BCUT2D eigenvalue weighted by molar-refractivity contribution is 5.95. The van der Waals surface area contributed by atoms with Gasteiger partial charge in [-0.15, -0.1) is 5.10 Å². The van der Waals surface area contributed by atoms with Gasteiger partial charge in [0, 0.05) is 49.5 Å². The predicted molar refractivity (Wildman–Crippen MR) is 122 cm³/mol. The molecule has 3 aromatic rings. The van der Waals surface area contributed by atoms with Crippen LogP contribution in [-0.4, -0.2) is 53.1 Å². The molecule has 0 saturated carbocycles. The molecular formula is C25H24FN5O2. The molecule has 168 valence electrons. The van der Waals surface area contributed by atoms with Crippen molar-refractivity contribution in [3.05, 3.63) is 83.8 Å². The minimum absolute atomic E-state index is 0.00431. The summed E-state index contributed by atoms with van der Waals surface area (Å²) in [5.74, 6) is 0.381. The van der Waals surface area contributed by atoms with Crippen molar-refractivity contribution < 1.29 is 14.0 Å². The Hall–Kier alpha value is -3.81. The van der Waals surface area contributed by atoms with E-state index in [1.807, 2.05) is 36.4 Å². The summed E-state index contributed by atoms with van der Waals surface area (Å²) in [5.41, 5.74) is 2.25. The molecule has 33 heavy (non-hydrogen) atoms. The Morgan fingerprint density at radius 3 is 2.55 bits per heavy atom. The first-order chi connectivity index (χ1) is 16.1. The molecular weight excluding hydrogens is 421 g/mol. The maximum Gasteiger partial charge on any atom is 0.253 e. The minimum atomic E-state index is -0.408. The van der Waals surface area contributed by atoms with Crippen molar-refractivity contribution in [3.63, 3.8) is 0 Å². The Balaban J connectivity index is 1.13. The fourth-order valence-corrected chi connectivity index (χ4v) is 4.39. The number of carbonyl (C=O) groups excluding carboxylic acids is 2. The summed E-state index contributed by atoms with van der Waals surface area (Å²) in [6.45, 7) is 2.60. The van der Waals surface area contributed by atoms with E-state index in [2.05, 4.69) is 20.4 Å². The number of halogens is 1. The van der Waals surface area contributed by atoms with Gasteiger partial charge in [0.05, 0.1) is 5.92 Å². The molecule has 2 aliphatic heterocycles. The summed E-state index contributed by atoms with van der Waals surface area (Å²) in [6, 6.07) is 17.3. The van der Waals surface area contributed by atoms with Gasteiger partial charge in [-0.05, 0) is 54.4 Å². The molecule has 8 heteroatoms. The Labute approximate surface area is 191 Å². The quantitative estimate of drug-likeness (QED) is 0.652. The Morgan fingerprint density at radius 2 is 1.82 bits per heavy atom. The van der Waals surface area contributed by atoms with E-state index in [1.165, 1.54) is 12.1 Å². The first-order valence-electron chi connectivity index (χ1n) is 11.0. The van der Waals surface area contributed by atoms with Gasteiger partial charge in [-0.25, -0.2) is 4.39 Å². The van der Waals surface area contributed by atoms with Crippen LogP contribution in [0.3, 0.4) is 0 Å². The van der Waals surface area contributed by atoms with E-state index in [-0.39, 0.29) is 23.7 Å². The lowest BCUT2D eigenvalue weighted by atomic mass is 9.90. The number of nitrogens with one attached hydrogen (secondary N) is 1. The van der Waals surface area contributed by atoms with Crippen molar-refractivity contribution in [2.75, 3.05) is 36.4 Å². The van der Waals surface area contributed by atoms with E-state index in [1.54, 1.807) is 23.2 Å². The molecule has 2 amide bonds. The summed E-state index contributed by atoms with van der Waals surface area (Å²) >= 11 is 0. The van der Waals surface area contributed by atoms with E-state index >= 15 is 0 Å². The summed E-state index contributed by atoms with van der Waals surface area (Å²) in [4.78, 5) is 29.0. The van der Waals surface area contributed by atoms with Crippen molar-refractivity contribution in [1.29, 1.82) is 0 Å². The monoisotopic (exact) mass is 445 g/mol. The van der Waals surface area contributed by atoms with Crippen molar-refractivity contribution in [2.45, 2.75) is 12.3 Å². The maximum atomic E-state index is 13.4. The largest absolute Gasteiger partial charge is 0.354 e. The molecule has 1 aromatic heterocycles. The number of anilines is 2. The van der Waals surface area contributed by atoms with Gasteiger partial charge < -0.3 is 15.1 Å². The maximum absolute atomic E-state index is 13.4. The molecule has 2 aliphatic rings. The average molecular weight is 445 g/mol. The van der Waals surface area contributed by atoms with Crippen molar-refractivity contribution >= 4 is 23.3 Å². The van der Waals surface area contributed by atoms with Crippen LogP contribution in [0.1, 0.15) is 28.3 Å². The number of rotatable bonds is 5. The lowest BCUT2D eigenvalue weighted by molar-refractivity contribution is -0.119. The normalized spacial score (nSPS) is 18.2. The van der Waals surface area contributed by atoms with Crippen molar-refractivity contribution in [1.82, 2.24) is 15.1 Å². The standard InChI is InChI=1S/C25H24FN5O2/c26-21-4-1-3-18(13-21)25(33)31-15-20(16-31)17-6-8-22(9-7-17)28-24(32)19-10-12-30(14-19)23-5-2-11-27-29-23/h1-9,11,13,19-20H,10,12,14-16H2,(H,28,32)/t19-/m0/s1. The predicted octanol–water partition coefficient (Wildman–Crippen LogP) is 3.32. The van der Waals surface area contributed by atoms with Crippen LogP contribution in [0.25, 0.3) is 0 Å². The van der Waals surface area contributed by atoms with E-state index in [9.17, 15) is 14.0 Å². The van der Waals surface area contributed by atoms with Gasteiger partial charge in [-0.3, -0.25) is 9.59 Å². The number of hydrogen-bond donors (Lipinski definition) is 1. The van der Waals surface area contributed by atoms with Gasteiger partial charge in [0.1, 0.15) is 5.82 Å². The third-order valence-corrected chi connectivity index (χ3v) is 6.33. The van der Waals surface area contributed by atoms with Crippen LogP contribution in [-0.2, 0) is 4.79 Å². The van der Waals surface area contributed by atoms with Crippen LogP contribution in [0.2, 0.25) is 0 Å². The van der Waals surface area contributed by atoms with Crippen LogP contribution in [0.4, 0.5) is 15.9 Å². The lowest BCUT2D eigenvalue weighted by Crippen LogP contribution is -2.48. The number of aromatic nitrogens is 2. The third-order valence-electron chi connectivity index (χ3n) is 6.33. The van der Waals surface area contributed by atoms with Crippen LogP contribution in [0.5, 0.6) is 0 Å². The fraction of sp³-hybridized carbons (Fsp3) is 0.280. The zero-order valence-corrected chi connectivity index (χ0v) is 18.0. The summed E-state index contributed by atoms with van der Waals surface area (Å²) in [7, 11) is 0. The van der Waals surface area contributed by atoms with Crippen LogP contribution < -0.4 is 10.2 Å². The number of carbonyl (C=O) groups is 2. The number of amides is 2. The number of hydrogen-bond acceptors (Lipinski definition) is 5. The van der Waals surface area contributed by atoms with Gasteiger partial charge in [-0.1, -0.05) is 18.2 Å². The van der Waals surface area contributed by atoms with Crippen molar-refractivity contribution in [2.24, 2.45) is 5.92 Å². The fourth-order valence-electron chi connectivity index (χ4n) is 4.39. The molecule has 0 radical (unpaired) electrons. The molecule has 5 rings (SSSR count). The molecule has 2 aromatic carbocycles. The highest BCUT2D eigenvalue weighted by Crippen LogP contribution is 2.30. The van der Waals surface area contributed by atoms with Gasteiger partial charge in [-0.2, -0.15) is 5.10 Å². The molecule has 0 spiro atoms. The van der Waals surface area contributed by atoms with Crippen LogP contribution in [0.15, 0.2) is 66.9 Å². The first-order valence-corrected chi connectivity index (χ1v) is 11.0. The third kappa shape index (κ3) is 4.55. The molecule has 0 aliphatic carbocycles. The number of nitrogens with zero attached hydrogens (tertiary/aromatic N) is 4. The van der Waals surface area contributed by atoms with E-state index in [0.29, 0.717) is 25.2 Å². The van der Waals surface area contributed by atoms with Crippen LogP contribution in [0, 0.1) is 11.7 Å². The Kier molecular flexibility index (Phi) is 5.73. The second-order valence-corrected chi connectivity index (χ2v) is 8.54. The first kappa shape index (κ1) is 21.1. The molecule has 2 fully saturated rings. The van der Waals surface area contributed by atoms with Gasteiger partial charge in [0.25, 0.3) is 5.91 Å². The average Bonchev–Trinajstić information content (AvgIpc) is 3.30. The topological polar surface area (TPSA) is 78.4 Å². The number of benzene rings is 2. The van der Waals surface area contributed by atoms with Crippen LogP contribution >= 0.6 is 0 Å². The second-order valence-electron chi connectivity index (χ2n) is 8.54. The smallest absolute Gasteiger partial charge is 0.253 e. The molecule has 1 N–H and O–H groups in total. The van der Waals surface area contributed by atoms with Gasteiger partial charge in [0.15, 0.2) is 5.82 Å². The zero-order chi connectivity index (χ0) is 22.8. The van der Waals surface area contributed by atoms with Gasteiger partial charge >= 0.3 is 0 Å². The molecule has 7 nitrogen and oxygen atoms in total. The zero-order valence-electron chi connectivity index (χ0n) is 18.0. The van der Waals surface area contributed by atoms with E-state index in [4.69, 9.17) is 0 Å². The second kappa shape index (κ2) is 8.97. The highest BCUT2D eigenvalue weighted by Gasteiger charge is 2.32. The minimum Gasteiger partial charge on any atom is -0.354 e. The SMILES string of the molecule is O=C(Nc1ccc(C2CN(C(=O)c3cccc(F)c3)C2)cc1)[C@H]1CCN(c2cccnn2)C1. The summed E-state index contributed by atoms with van der Waals surface area (Å²) in [6.07, 6.45) is 2.41. The lowest BCUT2D eigenvalue weighted by Gasteiger charge is -2.39. The van der Waals surface area contributed by atoms with Crippen molar-refractivity contribution in [3.8, 4) is 0 Å². The molecule has 2 saturated heterocycles. The molecule has 3 heterocycles. The highest BCUT2D eigenvalue weighted by atomic mass is 19.1. The van der Waals surface area contributed by atoms with Gasteiger partial charge in [0.2, 0.25) is 5.91 Å². The molecule has 0 bridgehead atoms.